The molecule has 0 aliphatic carbocycles. The van der Waals surface area contributed by atoms with Crippen molar-refractivity contribution in [1.82, 2.24) is 9.62 Å². The summed E-state index contributed by atoms with van der Waals surface area (Å²) in [6.45, 7) is 1.88. The summed E-state index contributed by atoms with van der Waals surface area (Å²) in [5.74, 6) is 0.184. The highest BCUT2D eigenvalue weighted by molar-refractivity contribution is 7.77. The molecule has 6 heteroatoms. The zero-order valence-electron chi connectivity index (χ0n) is 7.32. The van der Waals surface area contributed by atoms with Crippen LogP contribution in [0.4, 0.5) is 0 Å². The second kappa shape index (κ2) is 5.31. The second-order valence-corrected chi connectivity index (χ2v) is 3.73. The molecule has 1 fully saturated rings. The van der Waals surface area contributed by atoms with Crippen molar-refractivity contribution in [3.05, 3.63) is 0 Å². The number of hydrogen-bond donors (Lipinski definition) is 1. The number of hydrogen-bond acceptors (Lipinski definition) is 3. The lowest BCUT2D eigenvalue weighted by Crippen LogP contribution is -2.28. The van der Waals surface area contributed by atoms with Crippen LogP contribution in [-0.4, -0.2) is 39.2 Å². The fourth-order valence-corrected chi connectivity index (χ4v) is 1.68. The lowest BCUT2D eigenvalue weighted by molar-refractivity contribution is -0.127. The molecule has 13 heavy (non-hydrogen) atoms. The lowest BCUT2D eigenvalue weighted by Gasteiger charge is -2.15. The van der Waals surface area contributed by atoms with E-state index in [2.05, 4.69) is 4.72 Å². The van der Waals surface area contributed by atoms with Gasteiger partial charge in [0.25, 0.3) is 0 Å². The van der Waals surface area contributed by atoms with Crippen molar-refractivity contribution in [2.24, 2.45) is 0 Å². The van der Waals surface area contributed by atoms with E-state index in [1.54, 1.807) is 4.90 Å². The minimum absolute atomic E-state index is 0.184. The SMILES string of the molecule is O=C1CCCN1CCCNS(=O)[O-]. The smallest absolute Gasteiger partial charge is 0.222 e. The summed E-state index contributed by atoms with van der Waals surface area (Å²) in [5.41, 5.74) is 0. The summed E-state index contributed by atoms with van der Waals surface area (Å²) in [6.07, 6.45) is 2.25. The van der Waals surface area contributed by atoms with E-state index >= 15 is 0 Å². The van der Waals surface area contributed by atoms with E-state index in [0.717, 1.165) is 13.0 Å². The molecule has 1 rings (SSSR count). The Morgan fingerprint density at radius 2 is 2.38 bits per heavy atom. The molecule has 0 aromatic rings. The quantitative estimate of drug-likeness (QED) is 0.480. The van der Waals surface area contributed by atoms with Crippen LogP contribution in [0.1, 0.15) is 19.3 Å². The number of carbonyl (C=O) groups excluding carboxylic acids is 1. The summed E-state index contributed by atoms with van der Waals surface area (Å²) in [6, 6.07) is 0. The first-order valence-corrected chi connectivity index (χ1v) is 5.38. The van der Waals surface area contributed by atoms with Crippen molar-refractivity contribution in [2.45, 2.75) is 19.3 Å². The normalized spacial score (nSPS) is 19.5. The molecule has 0 aromatic carbocycles. The van der Waals surface area contributed by atoms with E-state index < -0.39 is 11.3 Å². The molecule has 0 radical (unpaired) electrons. The van der Waals surface area contributed by atoms with Gasteiger partial charge in [0.15, 0.2) is 0 Å². The maximum Gasteiger partial charge on any atom is 0.222 e. The molecular weight excluding hydrogens is 192 g/mol. The molecule has 76 valence electrons. The summed E-state index contributed by atoms with van der Waals surface area (Å²) in [5, 5.41) is 0. The van der Waals surface area contributed by atoms with Gasteiger partial charge in [-0.2, -0.15) is 0 Å². The Balaban J connectivity index is 2.05. The molecule has 0 bridgehead atoms. The lowest BCUT2D eigenvalue weighted by atomic mass is 10.4. The maximum atomic E-state index is 11.1. The Labute approximate surface area is 79.9 Å². The van der Waals surface area contributed by atoms with E-state index in [-0.39, 0.29) is 5.91 Å². The molecule has 5 nitrogen and oxygen atoms in total. The van der Waals surface area contributed by atoms with Gasteiger partial charge in [-0.25, -0.2) is 4.72 Å². The van der Waals surface area contributed by atoms with Gasteiger partial charge in [-0.1, -0.05) is 0 Å². The molecule has 1 aliphatic rings. The zero-order valence-corrected chi connectivity index (χ0v) is 8.14. The molecule has 1 heterocycles. The molecule has 1 N–H and O–H groups in total. The van der Waals surface area contributed by atoms with E-state index in [9.17, 15) is 13.6 Å². The predicted molar refractivity (Wildman–Crippen MR) is 47.4 cm³/mol. The van der Waals surface area contributed by atoms with Gasteiger partial charge in [-0.15, -0.1) is 0 Å². The van der Waals surface area contributed by atoms with Crippen molar-refractivity contribution < 1.29 is 13.6 Å². The fourth-order valence-electron chi connectivity index (χ4n) is 1.37. The Kier molecular flexibility index (Phi) is 4.34. The number of amides is 1. The van der Waals surface area contributed by atoms with Gasteiger partial charge in [0.1, 0.15) is 0 Å². The molecule has 1 amide bonds. The largest absolute Gasteiger partial charge is 0.760 e. The number of nitrogens with one attached hydrogen (secondary N) is 1. The minimum Gasteiger partial charge on any atom is -0.760 e. The molecule has 1 saturated heterocycles. The first-order valence-electron chi connectivity index (χ1n) is 4.30. The molecule has 1 aliphatic heterocycles. The van der Waals surface area contributed by atoms with Crippen LogP contribution in [0.15, 0.2) is 0 Å². The number of nitrogens with zero attached hydrogens (tertiary/aromatic N) is 1. The van der Waals surface area contributed by atoms with Crippen LogP contribution in [0.25, 0.3) is 0 Å². The summed E-state index contributed by atoms with van der Waals surface area (Å²) in [7, 11) is 0. The molecule has 0 aromatic heterocycles. The van der Waals surface area contributed by atoms with Crippen LogP contribution in [0, 0.1) is 0 Å². The van der Waals surface area contributed by atoms with Crippen LogP contribution < -0.4 is 4.72 Å². The Hall–Kier alpha value is -0.460. The van der Waals surface area contributed by atoms with Crippen LogP contribution in [0.2, 0.25) is 0 Å². The Morgan fingerprint density at radius 1 is 1.62 bits per heavy atom. The molecule has 1 atom stereocenters. The van der Waals surface area contributed by atoms with Gasteiger partial charge in [0, 0.05) is 37.3 Å². The highest BCUT2D eigenvalue weighted by atomic mass is 32.2. The van der Waals surface area contributed by atoms with E-state index in [1.165, 1.54) is 0 Å². The summed E-state index contributed by atoms with van der Waals surface area (Å²) >= 11 is -2.18. The summed E-state index contributed by atoms with van der Waals surface area (Å²) in [4.78, 5) is 12.9. The van der Waals surface area contributed by atoms with Gasteiger partial charge in [-0.3, -0.25) is 9.00 Å². The third-order valence-corrected chi connectivity index (χ3v) is 2.44. The van der Waals surface area contributed by atoms with Crippen molar-refractivity contribution in [2.75, 3.05) is 19.6 Å². The highest BCUT2D eigenvalue weighted by Gasteiger charge is 2.18. The minimum atomic E-state index is -2.18. The Bertz CT molecular complexity index is 210. The van der Waals surface area contributed by atoms with Gasteiger partial charge >= 0.3 is 0 Å². The molecule has 1 unspecified atom stereocenters. The van der Waals surface area contributed by atoms with Crippen molar-refractivity contribution in [1.29, 1.82) is 0 Å². The zero-order chi connectivity index (χ0) is 9.68. The molecule has 0 spiro atoms. The number of likely N-dealkylation sites (tertiary alicyclic amines) is 1. The topological polar surface area (TPSA) is 72.5 Å². The number of carbonyl (C=O) groups is 1. The first kappa shape index (κ1) is 10.6. The summed E-state index contributed by atoms with van der Waals surface area (Å²) < 4.78 is 22.4. The van der Waals surface area contributed by atoms with Crippen LogP contribution >= 0.6 is 0 Å². The van der Waals surface area contributed by atoms with Crippen LogP contribution in [0.3, 0.4) is 0 Å². The van der Waals surface area contributed by atoms with E-state index in [1.807, 2.05) is 0 Å². The van der Waals surface area contributed by atoms with Gasteiger partial charge < -0.3 is 9.45 Å². The first-order chi connectivity index (χ1) is 6.20. The fraction of sp³-hybridized carbons (Fsp3) is 0.857. The van der Waals surface area contributed by atoms with Crippen molar-refractivity contribution in [3.8, 4) is 0 Å². The van der Waals surface area contributed by atoms with Gasteiger partial charge in [0.2, 0.25) is 5.91 Å². The van der Waals surface area contributed by atoms with Gasteiger partial charge in [0.05, 0.1) is 0 Å². The van der Waals surface area contributed by atoms with Crippen LogP contribution in [0.5, 0.6) is 0 Å². The number of rotatable bonds is 5. The average molecular weight is 205 g/mol. The predicted octanol–water partition coefficient (Wildman–Crippen LogP) is -0.617. The standard InChI is InChI=1S/C7H14N2O3S/c10-7-3-1-5-9(7)6-2-4-8-13(11)12/h8H,1-6H2,(H,11,12)/p-1. The van der Waals surface area contributed by atoms with E-state index in [4.69, 9.17) is 0 Å². The average Bonchev–Trinajstić information content (AvgIpc) is 2.45. The molecular formula is C7H13N2O3S-. The third kappa shape index (κ3) is 3.84. The van der Waals surface area contributed by atoms with Crippen molar-refractivity contribution in [3.63, 3.8) is 0 Å². The Morgan fingerprint density at radius 3 is 2.92 bits per heavy atom. The van der Waals surface area contributed by atoms with Gasteiger partial charge in [-0.05, 0) is 12.8 Å². The molecule has 0 saturated carbocycles. The third-order valence-electron chi connectivity index (χ3n) is 2.00. The van der Waals surface area contributed by atoms with E-state index in [0.29, 0.717) is 25.9 Å². The van der Waals surface area contributed by atoms with Crippen molar-refractivity contribution >= 4 is 17.2 Å². The van der Waals surface area contributed by atoms with Crippen LogP contribution in [-0.2, 0) is 16.1 Å². The monoisotopic (exact) mass is 205 g/mol. The maximum absolute atomic E-state index is 11.1. The second-order valence-electron chi connectivity index (χ2n) is 2.97. The highest BCUT2D eigenvalue weighted by Crippen LogP contribution is 2.09.